The van der Waals surface area contributed by atoms with Gasteiger partial charge in [0, 0.05) is 37.1 Å². The van der Waals surface area contributed by atoms with Crippen LogP contribution in [0.4, 0.5) is 0 Å². The molecule has 0 saturated carbocycles. The van der Waals surface area contributed by atoms with Crippen LogP contribution in [0.2, 0.25) is 0 Å². The molecule has 0 aromatic heterocycles. The summed E-state index contributed by atoms with van der Waals surface area (Å²) in [5, 5.41) is 0. The Morgan fingerprint density at radius 3 is 0.276 bits per heavy atom. The zero-order valence-electron chi connectivity index (χ0n) is 12.5. The zero-order valence-corrected chi connectivity index (χ0v) is 32.8. The first-order valence-electron chi connectivity index (χ1n) is 3.33. The van der Waals surface area contributed by atoms with Gasteiger partial charge in [-0.25, -0.2) is 0 Å². The quantitative estimate of drug-likeness (QED) is 0.203. The minimum Gasteiger partial charge on any atom is 0 e. The van der Waals surface area contributed by atoms with Gasteiger partial charge in [0.25, 0.3) is 0 Å². The van der Waals surface area contributed by atoms with Gasteiger partial charge in [-0.1, -0.05) is 0 Å². The van der Waals surface area contributed by atoms with E-state index in [0.717, 1.165) is 0 Å². The van der Waals surface area contributed by atoms with Gasteiger partial charge < -0.3 is 0 Å². The predicted molar refractivity (Wildman–Crippen MR) is 29.1 cm³/mol. The Kier molecular flexibility index (Phi) is 51.5. The Hall–Kier alpha value is 3.07. The summed E-state index contributed by atoms with van der Waals surface area (Å²) in [6.07, 6.45) is 0. The van der Waals surface area contributed by atoms with Crippen LogP contribution in [0.3, 0.4) is 0 Å². The van der Waals surface area contributed by atoms with Crippen LogP contribution in [-0.2, 0) is 155 Å². The standard InChI is InChI=1S/20O.2H3P.2V.5W/h;;;;;;;;;;;;;;;;;;;;2*1H3;;;;;;;/q;;;;;;;;;;10*-1;;;;;;;;;. The molecule has 29 heteroatoms. The van der Waals surface area contributed by atoms with E-state index in [1.807, 2.05) is 0 Å². The van der Waals surface area contributed by atoms with Gasteiger partial charge in [-0.2, -0.15) is 19.8 Å². The van der Waals surface area contributed by atoms with Crippen molar-refractivity contribution in [2.45, 2.75) is 0 Å². The fourth-order valence-electron chi connectivity index (χ4n) is 0. The van der Waals surface area contributed by atoms with Crippen LogP contribution in [0, 0.1) is 0 Å². The molecule has 2 unspecified atom stereocenters. The topological polar surface area (TPSA) is 401 Å². The summed E-state index contributed by atoms with van der Waals surface area (Å²) in [5.41, 5.74) is 0. The van der Waals surface area contributed by atoms with Crippen molar-refractivity contribution in [1.29, 1.82) is 0 Å². The largest absolute Gasteiger partial charge is 0 e. The molecule has 29 heavy (non-hydrogen) atoms. The van der Waals surface area contributed by atoms with E-state index >= 15 is 0 Å². The molecule has 0 amide bonds. The second kappa shape index (κ2) is 25.7. The number of hydrogen-bond acceptors (Lipinski definition) is 20. The molecule has 0 saturated heterocycles. The van der Waals surface area contributed by atoms with Crippen molar-refractivity contribution in [3.8, 4) is 0 Å². The number of rotatable bonds is 0. The van der Waals surface area contributed by atoms with E-state index < -0.39 is 83.7 Å². The van der Waals surface area contributed by atoms with Crippen molar-refractivity contribution in [2.24, 2.45) is 0 Å². The van der Waals surface area contributed by atoms with Crippen LogP contribution in [0.25, 0.3) is 0 Å². The number of hydrogen-bond donors (Lipinski definition) is 0. The molecule has 0 rings (SSSR count). The van der Waals surface area contributed by atoms with Crippen molar-refractivity contribution in [2.75, 3.05) is 0 Å². The monoisotopic (exact) mass is 1410 g/mol. The maximum Gasteiger partial charge on any atom is 0 e. The van der Waals surface area contributed by atoms with Gasteiger partial charge in [-0.15, -0.1) is 0 Å². The molecule has 20 nitrogen and oxygen atoms in total. The summed E-state index contributed by atoms with van der Waals surface area (Å²) in [5.74, 6) is 0. The molecular formula is H6O20P2V2W5-10. The summed E-state index contributed by atoms with van der Waals surface area (Å²) in [4.78, 5) is 0. The van der Waals surface area contributed by atoms with Gasteiger partial charge in [0.15, 0.2) is 0 Å². The van der Waals surface area contributed by atoms with Crippen molar-refractivity contribution < 1.29 is 192 Å². The van der Waals surface area contributed by atoms with Crippen LogP contribution in [0.15, 0.2) is 0 Å². The molecule has 0 aromatic rings. The van der Waals surface area contributed by atoms with Crippen LogP contribution >= 0.6 is 19.8 Å². The van der Waals surface area contributed by atoms with Crippen LogP contribution < -0.4 is 37.6 Å². The van der Waals surface area contributed by atoms with Gasteiger partial charge in [0.1, 0.15) is 0 Å². The molecule has 0 spiro atoms. The molecular weight excluding hydrogens is 1400 g/mol. The van der Waals surface area contributed by atoms with E-state index in [1.54, 1.807) is 0 Å². The van der Waals surface area contributed by atoms with E-state index in [4.69, 9.17) is 71.6 Å². The van der Waals surface area contributed by atoms with E-state index in [9.17, 15) is 0 Å². The predicted octanol–water partition coefficient (Wildman–Crippen LogP) is -13.0. The Morgan fingerprint density at radius 2 is 0.276 bits per heavy atom. The minimum atomic E-state index is -6.17. The van der Waals surface area contributed by atoms with Crippen molar-refractivity contribution in [1.82, 2.24) is 0 Å². The molecule has 0 bridgehead atoms. The second-order valence-corrected chi connectivity index (χ2v) is 16.7. The zero-order chi connectivity index (χ0) is 22.5. The normalized spacial score (nSPS) is 10.0. The molecule has 2 atom stereocenters. The first-order valence-corrected chi connectivity index (χ1v) is 27.3. The van der Waals surface area contributed by atoms with Crippen molar-refractivity contribution in [3.63, 3.8) is 0 Å². The van der Waals surface area contributed by atoms with E-state index in [0.29, 0.717) is 0 Å². The first kappa shape index (κ1) is 58.2. The molecule has 0 heterocycles. The van der Waals surface area contributed by atoms with Gasteiger partial charge >= 0.3 is 155 Å². The summed E-state index contributed by atoms with van der Waals surface area (Å²) < 4.78 is 173. The molecule has 0 aromatic carbocycles. The summed E-state index contributed by atoms with van der Waals surface area (Å²) >= 11 is -30.8. The summed E-state index contributed by atoms with van der Waals surface area (Å²) in [6, 6.07) is 0. The summed E-state index contributed by atoms with van der Waals surface area (Å²) in [7, 11) is 0. The van der Waals surface area contributed by atoms with Gasteiger partial charge in [0.2, 0.25) is 0 Å². The van der Waals surface area contributed by atoms with Crippen LogP contribution in [0.1, 0.15) is 0 Å². The average Bonchev–Trinajstić information content (AvgIpc) is 1.79. The van der Waals surface area contributed by atoms with Crippen LogP contribution in [0.5, 0.6) is 0 Å². The van der Waals surface area contributed by atoms with Crippen LogP contribution in [-0.4, -0.2) is 0 Å². The van der Waals surface area contributed by atoms with E-state index in [2.05, 4.69) is 0 Å². The van der Waals surface area contributed by atoms with E-state index in [-0.39, 0.29) is 56.9 Å². The van der Waals surface area contributed by atoms with Crippen molar-refractivity contribution in [3.05, 3.63) is 0 Å². The maximum absolute atomic E-state index is 8.65. The summed E-state index contributed by atoms with van der Waals surface area (Å²) in [6.45, 7) is 0. The molecule has 0 fully saturated rings. The average molecular weight is 1410 g/mol. The van der Waals surface area contributed by atoms with Gasteiger partial charge in [-0.05, 0) is 0 Å². The Balaban J connectivity index is -0.0000000238. The molecule has 0 aliphatic heterocycles. The molecule has 186 valence electrons. The first-order chi connectivity index (χ1) is 10.0. The minimum absolute atomic E-state index is 0. The third-order valence-electron chi connectivity index (χ3n) is 0. The molecule has 0 aliphatic carbocycles. The molecule has 0 aliphatic rings. The molecule has 2 radical (unpaired) electrons. The third-order valence-corrected chi connectivity index (χ3v) is 0. The Morgan fingerprint density at radius 1 is 0.276 bits per heavy atom. The Bertz CT molecular complexity index is 629. The van der Waals surface area contributed by atoms with Crippen molar-refractivity contribution >= 4 is 19.8 Å². The maximum atomic E-state index is 8.65. The Labute approximate surface area is 209 Å². The second-order valence-electron chi connectivity index (χ2n) is 2.04. The SMILES string of the molecule is P.P.[O]=[W](=[O])([O-])[O-].[O]=[W](=[O])([O-])[O-].[O]=[W](=[O])([O-])[O-].[O]=[W](=[O])([O-])[O-].[O]=[W](=[O])([O-])[O-].[V].[V]. The molecule has 0 N–H and O–H groups in total. The fraction of sp³-hybridized carbons (Fsp3) is 0. The van der Waals surface area contributed by atoms with Gasteiger partial charge in [0.05, 0.1) is 0 Å². The van der Waals surface area contributed by atoms with Gasteiger partial charge in [-0.3, -0.25) is 0 Å². The third kappa shape index (κ3) is 2790. The fourth-order valence-corrected chi connectivity index (χ4v) is 0. The van der Waals surface area contributed by atoms with E-state index in [1.165, 1.54) is 0 Å². The smallest absolute Gasteiger partial charge is 0 e.